The molecule has 1 saturated heterocycles. The number of piperazine rings is 1. The SMILES string of the molecule is COc1cccc(CN2CCN(c3ccnc(C#N)c3)CC2C)n1. The quantitative estimate of drug-likeness (QED) is 0.858. The van der Waals surface area contributed by atoms with E-state index in [-0.39, 0.29) is 0 Å². The van der Waals surface area contributed by atoms with Crippen molar-refractivity contribution in [1.82, 2.24) is 14.9 Å². The molecule has 0 bridgehead atoms. The highest BCUT2D eigenvalue weighted by Gasteiger charge is 2.24. The molecule has 124 valence electrons. The van der Waals surface area contributed by atoms with Crippen molar-refractivity contribution in [2.75, 3.05) is 31.6 Å². The van der Waals surface area contributed by atoms with E-state index in [9.17, 15) is 0 Å². The van der Waals surface area contributed by atoms with Crippen LogP contribution in [0.2, 0.25) is 0 Å². The molecule has 1 fully saturated rings. The van der Waals surface area contributed by atoms with Crippen LogP contribution in [-0.2, 0) is 6.54 Å². The molecule has 2 aromatic rings. The number of nitriles is 1. The molecule has 6 nitrogen and oxygen atoms in total. The molecule has 0 N–H and O–H groups in total. The molecule has 1 unspecified atom stereocenters. The third kappa shape index (κ3) is 3.63. The zero-order valence-corrected chi connectivity index (χ0v) is 14.0. The van der Waals surface area contributed by atoms with Crippen molar-refractivity contribution in [3.05, 3.63) is 47.9 Å². The fourth-order valence-electron chi connectivity index (χ4n) is 3.01. The predicted molar refractivity (Wildman–Crippen MR) is 91.8 cm³/mol. The standard InChI is InChI=1S/C18H21N5O/c1-14-12-23(17-6-7-20-16(10-17)11-19)9-8-22(14)13-15-4-3-5-18(21-15)24-2/h3-7,10,14H,8-9,12-13H2,1-2H3. The van der Waals surface area contributed by atoms with Gasteiger partial charge >= 0.3 is 0 Å². The van der Waals surface area contributed by atoms with Gasteiger partial charge in [-0.15, -0.1) is 0 Å². The Morgan fingerprint density at radius 3 is 2.96 bits per heavy atom. The first kappa shape index (κ1) is 16.2. The van der Waals surface area contributed by atoms with Crippen molar-refractivity contribution in [2.24, 2.45) is 0 Å². The van der Waals surface area contributed by atoms with Crippen LogP contribution in [0.15, 0.2) is 36.5 Å². The summed E-state index contributed by atoms with van der Waals surface area (Å²) in [5.41, 5.74) is 2.54. The summed E-state index contributed by atoms with van der Waals surface area (Å²) < 4.78 is 5.20. The molecule has 0 radical (unpaired) electrons. The molecular formula is C18H21N5O. The second kappa shape index (κ2) is 7.28. The van der Waals surface area contributed by atoms with Crippen LogP contribution in [0.5, 0.6) is 5.88 Å². The molecule has 6 heteroatoms. The predicted octanol–water partition coefficient (Wildman–Crippen LogP) is 2.07. The summed E-state index contributed by atoms with van der Waals surface area (Å²) in [6.07, 6.45) is 1.70. The van der Waals surface area contributed by atoms with Crippen LogP contribution in [0.4, 0.5) is 5.69 Å². The highest BCUT2D eigenvalue weighted by molar-refractivity contribution is 5.49. The number of pyridine rings is 2. The van der Waals surface area contributed by atoms with Crippen LogP contribution in [0, 0.1) is 11.3 Å². The fourth-order valence-corrected chi connectivity index (χ4v) is 3.01. The van der Waals surface area contributed by atoms with Gasteiger partial charge in [0.2, 0.25) is 5.88 Å². The first-order valence-electron chi connectivity index (χ1n) is 8.04. The second-order valence-electron chi connectivity index (χ2n) is 5.95. The van der Waals surface area contributed by atoms with Gasteiger partial charge in [0.25, 0.3) is 0 Å². The monoisotopic (exact) mass is 323 g/mol. The molecule has 1 atom stereocenters. The number of methoxy groups -OCH3 is 1. The average molecular weight is 323 g/mol. The minimum atomic E-state index is 0.394. The highest BCUT2D eigenvalue weighted by atomic mass is 16.5. The highest BCUT2D eigenvalue weighted by Crippen LogP contribution is 2.21. The zero-order chi connectivity index (χ0) is 16.9. The van der Waals surface area contributed by atoms with Gasteiger partial charge in [-0.25, -0.2) is 9.97 Å². The van der Waals surface area contributed by atoms with Gasteiger partial charge < -0.3 is 9.64 Å². The van der Waals surface area contributed by atoms with Crippen LogP contribution in [0.1, 0.15) is 18.3 Å². The first-order chi connectivity index (χ1) is 11.7. The number of anilines is 1. The lowest BCUT2D eigenvalue weighted by atomic mass is 10.1. The lowest BCUT2D eigenvalue weighted by Crippen LogP contribution is -2.51. The molecular weight excluding hydrogens is 302 g/mol. The fraction of sp³-hybridized carbons (Fsp3) is 0.389. The Kier molecular flexibility index (Phi) is 4.92. The Bertz CT molecular complexity index is 742. The molecule has 1 aliphatic heterocycles. The summed E-state index contributed by atoms with van der Waals surface area (Å²) in [6, 6.07) is 12.2. The van der Waals surface area contributed by atoms with Crippen molar-refractivity contribution in [3.63, 3.8) is 0 Å². The zero-order valence-electron chi connectivity index (χ0n) is 14.0. The smallest absolute Gasteiger partial charge is 0.213 e. The van der Waals surface area contributed by atoms with Gasteiger partial charge in [0, 0.05) is 50.2 Å². The Labute approximate surface area is 142 Å². The van der Waals surface area contributed by atoms with Crippen molar-refractivity contribution in [3.8, 4) is 11.9 Å². The molecule has 0 aliphatic carbocycles. The van der Waals surface area contributed by atoms with Crippen LogP contribution in [-0.4, -0.2) is 47.7 Å². The van der Waals surface area contributed by atoms with Crippen molar-refractivity contribution >= 4 is 5.69 Å². The van der Waals surface area contributed by atoms with Crippen molar-refractivity contribution in [2.45, 2.75) is 19.5 Å². The van der Waals surface area contributed by atoms with E-state index in [1.165, 1.54) is 0 Å². The van der Waals surface area contributed by atoms with Gasteiger partial charge in [-0.1, -0.05) is 6.07 Å². The van der Waals surface area contributed by atoms with Gasteiger partial charge in [0.15, 0.2) is 0 Å². The summed E-state index contributed by atoms with van der Waals surface area (Å²) >= 11 is 0. The summed E-state index contributed by atoms with van der Waals surface area (Å²) in [4.78, 5) is 13.3. The van der Waals surface area contributed by atoms with Gasteiger partial charge in [0.1, 0.15) is 11.8 Å². The van der Waals surface area contributed by atoms with E-state index < -0.39 is 0 Å². The number of hydrogen-bond donors (Lipinski definition) is 0. The molecule has 0 saturated carbocycles. The Morgan fingerprint density at radius 2 is 2.21 bits per heavy atom. The summed E-state index contributed by atoms with van der Waals surface area (Å²) in [5.74, 6) is 0.652. The average Bonchev–Trinajstić information content (AvgIpc) is 2.63. The number of ether oxygens (including phenoxy) is 1. The maximum absolute atomic E-state index is 9.00. The second-order valence-corrected chi connectivity index (χ2v) is 5.95. The van der Waals surface area contributed by atoms with Crippen LogP contribution >= 0.6 is 0 Å². The summed E-state index contributed by atoms with van der Waals surface area (Å²) in [6.45, 7) is 5.82. The molecule has 3 rings (SSSR count). The third-order valence-corrected chi connectivity index (χ3v) is 4.34. The van der Waals surface area contributed by atoms with Gasteiger partial charge in [-0.3, -0.25) is 4.90 Å². The largest absolute Gasteiger partial charge is 0.481 e. The number of nitrogens with zero attached hydrogens (tertiary/aromatic N) is 5. The Morgan fingerprint density at radius 1 is 1.33 bits per heavy atom. The molecule has 0 amide bonds. The Hall–Kier alpha value is -2.65. The van der Waals surface area contributed by atoms with Gasteiger partial charge in [0.05, 0.1) is 12.8 Å². The molecule has 0 aromatic carbocycles. The number of hydrogen-bond acceptors (Lipinski definition) is 6. The number of rotatable bonds is 4. The lowest BCUT2D eigenvalue weighted by molar-refractivity contribution is 0.178. The minimum absolute atomic E-state index is 0.394. The number of aromatic nitrogens is 2. The van der Waals surface area contributed by atoms with E-state index in [0.29, 0.717) is 17.6 Å². The normalized spacial score (nSPS) is 18.2. The van der Waals surface area contributed by atoms with Crippen LogP contribution < -0.4 is 9.64 Å². The molecule has 3 heterocycles. The van der Waals surface area contributed by atoms with Gasteiger partial charge in [-0.05, 0) is 25.1 Å². The lowest BCUT2D eigenvalue weighted by Gasteiger charge is -2.40. The summed E-state index contributed by atoms with van der Waals surface area (Å²) in [5, 5.41) is 9.00. The maximum Gasteiger partial charge on any atom is 0.213 e. The van der Waals surface area contributed by atoms with Crippen molar-refractivity contribution < 1.29 is 4.74 Å². The first-order valence-corrected chi connectivity index (χ1v) is 8.04. The molecule has 1 aliphatic rings. The topological polar surface area (TPSA) is 65.3 Å². The van der Waals surface area contributed by atoms with E-state index in [2.05, 4.69) is 32.8 Å². The van der Waals surface area contributed by atoms with Crippen molar-refractivity contribution in [1.29, 1.82) is 5.26 Å². The van der Waals surface area contributed by atoms with Crippen LogP contribution in [0.25, 0.3) is 0 Å². The van der Waals surface area contributed by atoms with Crippen LogP contribution in [0.3, 0.4) is 0 Å². The molecule has 0 spiro atoms. The van der Waals surface area contributed by atoms with E-state index in [1.807, 2.05) is 30.3 Å². The maximum atomic E-state index is 9.00. The van der Waals surface area contributed by atoms with E-state index in [4.69, 9.17) is 10.00 Å². The Balaban J connectivity index is 1.65. The van der Waals surface area contributed by atoms with E-state index in [1.54, 1.807) is 13.3 Å². The minimum Gasteiger partial charge on any atom is -0.481 e. The van der Waals surface area contributed by atoms with Gasteiger partial charge in [-0.2, -0.15) is 5.26 Å². The molecule has 24 heavy (non-hydrogen) atoms. The third-order valence-electron chi connectivity index (χ3n) is 4.34. The molecule has 2 aromatic heterocycles. The van der Waals surface area contributed by atoms with E-state index in [0.717, 1.165) is 37.6 Å². The van der Waals surface area contributed by atoms with E-state index >= 15 is 0 Å². The summed E-state index contributed by atoms with van der Waals surface area (Å²) in [7, 11) is 1.64.